The van der Waals surface area contributed by atoms with E-state index in [-0.39, 0.29) is 12.0 Å². The highest BCUT2D eigenvalue weighted by Crippen LogP contribution is 2.38. The number of para-hydroxylation sites is 1. The third-order valence-electron chi connectivity index (χ3n) is 5.89. The minimum atomic E-state index is -0.227. The van der Waals surface area contributed by atoms with Crippen LogP contribution in [0.3, 0.4) is 0 Å². The lowest BCUT2D eigenvalue weighted by atomic mass is 10.0. The molecule has 1 atom stereocenters. The van der Waals surface area contributed by atoms with E-state index in [4.69, 9.17) is 9.72 Å². The highest BCUT2D eigenvalue weighted by Gasteiger charge is 2.21. The Morgan fingerprint density at radius 2 is 1.78 bits per heavy atom. The predicted octanol–water partition coefficient (Wildman–Crippen LogP) is 7.14. The van der Waals surface area contributed by atoms with Crippen LogP contribution in [0.5, 0.6) is 5.75 Å². The Morgan fingerprint density at radius 3 is 2.53 bits per heavy atom. The first-order valence-electron chi connectivity index (χ1n) is 11.6. The summed E-state index contributed by atoms with van der Waals surface area (Å²) in [6, 6.07) is 27.1. The summed E-state index contributed by atoms with van der Waals surface area (Å²) in [6.45, 7) is 3.97. The second kappa shape index (κ2) is 10.0. The molecule has 6 heteroatoms. The first kappa shape index (κ1) is 23.3. The number of nitriles is 1. The summed E-state index contributed by atoms with van der Waals surface area (Å²) in [4.78, 5) is 17.7. The van der Waals surface area contributed by atoms with Crippen LogP contribution in [-0.4, -0.2) is 17.0 Å². The topological polar surface area (TPSA) is 75.0 Å². The largest absolute Gasteiger partial charge is 0.485 e. The molecule has 0 saturated carbocycles. The SMILES string of the molecule is Cc1ccc(-c2nc(C(C#N)=CC3=Cc4ccccc4OC3C)sc2NC(=O)c2ccccc2)cc1. The molecule has 5 rings (SSSR count). The molecule has 0 bridgehead atoms. The molecule has 1 aliphatic heterocycles. The fourth-order valence-corrected chi connectivity index (χ4v) is 4.87. The van der Waals surface area contributed by atoms with Gasteiger partial charge in [0.15, 0.2) is 0 Å². The fourth-order valence-electron chi connectivity index (χ4n) is 3.92. The summed E-state index contributed by atoms with van der Waals surface area (Å²) < 4.78 is 6.04. The summed E-state index contributed by atoms with van der Waals surface area (Å²) >= 11 is 1.29. The Morgan fingerprint density at radius 1 is 1.06 bits per heavy atom. The average Bonchev–Trinajstić information content (AvgIpc) is 3.31. The summed E-state index contributed by atoms with van der Waals surface area (Å²) in [7, 11) is 0. The number of amides is 1. The lowest BCUT2D eigenvalue weighted by Gasteiger charge is -2.22. The van der Waals surface area contributed by atoms with E-state index < -0.39 is 0 Å². The van der Waals surface area contributed by atoms with Gasteiger partial charge in [-0.3, -0.25) is 4.79 Å². The molecule has 3 aromatic carbocycles. The van der Waals surface area contributed by atoms with Crippen LogP contribution in [0.1, 0.15) is 33.4 Å². The number of benzene rings is 3. The monoisotopic (exact) mass is 489 g/mol. The van der Waals surface area contributed by atoms with Gasteiger partial charge in [-0.25, -0.2) is 4.98 Å². The van der Waals surface area contributed by atoms with Gasteiger partial charge in [0, 0.05) is 16.7 Å². The highest BCUT2D eigenvalue weighted by molar-refractivity contribution is 7.17. The van der Waals surface area contributed by atoms with Gasteiger partial charge in [0.25, 0.3) is 5.91 Å². The maximum Gasteiger partial charge on any atom is 0.256 e. The smallest absolute Gasteiger partial charge is 0.256 e. The summed E-state index contributed by atoms with van der Waals surface area (Å²) in [6.07, 6.45) is 3.64. The Balaban J connectivity index is 1.55. The number of aromatic nitrogens is 1. The third kappa shape index (κ3) is 4.83. The van der Waals surface area contributed by atoms with Gasteiger partial charge in [0.1, 0.15) is 33.6 Å². The normalized spacial score (nSPS) is 14.8. The molecule has 1 amide bonds. The number of allylic oxidation sites excluding steroid dienone is 1. The van der Waals surface area contributed by atoms with Gasteiger partial charge in [0.2, 0.25) is 0 Å². The van der Waals surface area contributed by atoms with Crippen LogP contribution in [-0.2, 0) is 0 Å². The van der Waals surface area contributed by atoms with Crippen molar-refractivity contribution in [1.82, 2.24) is 4.98 Å². The number of anilines is 1. The van der Waals surface area contributed by atoms with Crippen molar-refractivity contribution in [2.24, 2.45) is 0 Å². The molecule has 176 valence electrons. The average molecular weight is 490 g/mol. The van der Waals surface area contributed by atoms with E-state index >= 15 is 0 Å². The highest BCUT2D eigenvalue weighted by atomic mass is 32.1. The van der Waals surface area contributed by atoms with Crippen molar-refractivity contribution in [3.05, 3.63) is 112 Å². The van der Waals surface area contributed by atoms with Crippen molar-refractivity contribution < 1.29 is 9.53 Å². The number of aryl methyl sites for hydroxylation is 1. The van der Waals surface area contributed by atoms with Gasteiger partial charge in [0.05, 0.1) is 5.57 Å². The van der Waals surface area contributed by atoms with Crippen LogP contribution in [0.4, 0.5) is 5.00 Å². The third-order valence-corrected chi connectivity index (χ3v) is 6.90. The number of carbonyl (C=O) groups excluding carboxylic acids is 1. The first-order valence-corrected chi connectivity index (χ1v) is 12.4. The summed E-state index contributed by atoms with van der Waals surface area (Å²) in [5.41, 5.74) is 5.44. The first-order chi connectivity index (χ1) is 17.5. The van der Waals surface area contributed by atoms with Crippen LogP contribution in [0.2, 0.25) is 0 Å². The van der Waals surface area contributed by atoms with Crippen LogP contribution in [0.25, 0.3) is 22.9 Å². The molecule has 0 radical (unpaired) electrons. The molecule has 1 aromatic heterocycles. The lowest BCUT2D eigenvalue weighted by Crippen LogP contribution is -2.17. The standard InChI is InChI=1S/C30H23N3O2S/c1-19-12-14-21(15-13-19)27-30(33-28(34)22-8-4-3-5-9-22)36-29(32-27)25(18-31)17-24-16-23-10-6-7-11-26(23)35-20(24)2/h3-17,20H,1-2H3,(H,33,34). The Labute approximate surface area is 214 Å². The Bertz CT molecular complexity index is 1530. The molecule has 4 aromatic rings. The molecular formula is C30H23N3O2S. The number of nitrogens with one attached hydrogen (secondary N) is 1. The number of nitrogens with zero attached hydrogens (tertiary/aromatic N) is 2. The second-order valence-electron chi connectivity index (χ2n) is 8.49. The van der Waals surface area contributed by atoms with Crippen molar-refractivity contribution in [2.45, 2.75) is 20.0 Å². The molecule has 1 unspecified atom stereocenters. The number of carbonyl (C=O) groups is 1. The zero-order valence-electron chi connectivity index (χ0n) is 19.9. The molecular weight excluding hydrogens is 466 g/mol. The van der Waals surface area contributed by atoms with Crippen LogP contribution in [0, 0.1) is 18.3 Å². The van der Waals surface area contributed by atoms with Gasteiger partial charge >= 0.3 is 0 Å². The van der Waals surface area contributed by atoms with Gasteiger partial charge in [-0.15, -0.1) is 0 Å². The zero-order valence-corrected chi connectivity index (χ0v) is 20.7. The van der Waals surface area contributed by atoms with E-state index in [0.29, 0.717) is 26.8 Å². The van der Waals surface area contributed by atoms with E-state index in [0.717, 1.165) is 28.0 Å². The van der Waals surface area contributed by atoms with Crippen LogP contribution < -0.4 is 10.1 Å². The van der Waals surface area contributed by atoms with Crippen molar-refractivity contribution in [3.63, 3.8) is 0 Å². The lowest BCUT2D eigenvalue weighted by molar-refractivity contribution is 0.102. The molecule has 0 aliphatic carbocycles. The van der Waals surface area contributed by atoms with Gasteiger partial charge in [-0.2, -0.15) is 5.26 Å². The molecule has 2 heterocycles. The Kier molecular flexibility index (Phi) is 6.48. The van der Waals surface area contributed by atoms with Gasteiger partial charge < -0.3 is 10.1 Å². The van der Waals surface area contributed by atoms with E-state index in [1.54, 1.807) is 12.1 Å². The fraction of sp³-hybridized carbons (Fsp3) is 0.100. The number of hydrogen-bond donors (Lipinski definition) is 1. The predicted molar refractivity (Wildman–Crippen MR) is 145 cm³/mol. The Hall–Kier alpha value is -4.47. The number of rotatable bonds is 5. The van der Waals surface area contributed by atoms with E-state index in [1.807, 2.05) is 92.7 Å². The van der Waals surface area contributed by atoms with Crippen LogP contribution >= 0.6 is 11.3 Å². The maximum atomic E-state index is 12.9. The van der Waals surface area contributed by atoms with Crippen molar-refractivity contribution in [1.29, 1.82) is 5.26 Å². The molecule has 0 fully saturated rings. The minimum absolute atomic E-state index is 0.211. The van der Waals surface area contributed by atoms with Crippen molar-refractivity contribution >= 4 is 33.9 Å². The van der Waals surface area contributed by atoms with Crippen molar-refractivity contribution in [2.75, 3.05) is 5.32 Å². The molecule has 0 spiro atoms. The number of hydrogen-bond acceptors (Lipinski definition) is 5. The minimum Gasteiger partial charge on any atom is -0.485 e. The molecule has 1 aliphatic rings. The molecule has 36 heavy (non-hydrogen) atoms. The zero-order chi connectivity index (χ0) is 25.1. The van der Waals surface area contributed by atoms with E-state index in [9.17, 15) is 10.1 Å². The summed E-state index contributed by atoms with van der Waals surface area (Å²) in [5, 5.41) is 14.2. The van der Waals surface area contributed by atoms with E-state index in [1.165, 1.54) is 11.3 Å². The molecule has 1 N–H and O–H groups in total. The molecule has 0 saturated heterocycles. The second-order valence-corrected chi connectivity index (χ2v) is 9.49. The maximum absolute atomic E-state index is 12.9. The summed E-state index contributed by atoms with van der Waals surface area (Å²) in [5.74, 6) is 0.595. The van der Waals surface area contributed by atoms with Gasteiger partial charge in [-0.05, 0) is 49.8 Å². The van der Waals surface area contributed by atoms with Crippen molar-refractivity contribution in [3.8, 4) is 23.1 Å². The number of thiazole rings is 1. The quantitative estimate of drug-likeness (QED) is 0.302. The van der Waals surface area contributed by atoms with Crippen LogP contribution in [0.15, 0.2) is 90.5 Å². The van der Waals surface area contributed by atoms with E-state index in [2.05, 4.69) is 11.4 Å². The molecule has 5 nitrogen and oxygen atoms in total. The number of ether oxygens (including phenoxy) is 1. The van der Waals surface area contributed by atoms with Gasteiger partial charge in [-0.1, -0.05) is 77.6 Å². The number of fused-ring (bicyclic) bond motifs is 1.